The first-order valence-electron chi connectivity index (χ1n) is 5.30. The van der Waals surface area contributed by atoms with Gasteiger partial charge in [0.15, 0.2) is 0 Å². The van der Waals surface area contributed by atoms with Gasteiger partial charge in [-0.05, 0) is 6.42 Å². The van der Waals surface area contributed by atoms with E-state index in [-0.39, 0.29) is 19.3 Å². The van der Waals surface area contributed by atoms with Crippen LogP contribution in [0.25, 0.3) is 0 Å². The second-order valence-corrected chi connectivity index (χ2v) is 3.57. The fourth-order valence-electron chi connectivity index (χ4n) is 1.44. The largest absolute Gasteiger partial charge is 0.358 e. The fourth-order valence-corrected chi connectivity index (χ4v) is 1.44. The summed E-state index contributed by atoms with van der Waals surface area (Å²) >= 11 is 0. The Balaban J connectivity index is 2.67. The van der Waals surface area contributed by atoms with Crippen molar-refractivity contribution in [2.24, 2.45) is 5.92 Å². The van der Waals surface area contributed by atoms with E-state index in [0.29, 0.717) is 5.06 Å². The van der Waals surface area contributed by atoms with Crippen molar-refractivity contribution in [3.05, 3.63) is 0 Å². The molecule has 0 spiro atoms. The van der Waals surface area contributed by atoms with Gasteiger partial charge in [0.05, 0.1) is 0 Å². The number of hydroxylamine groups is 2. The number of hydrogen-bond donors (Lipinski definition) is 1. The second-order valence-electron chi connectivity index (χ2n) is 3.57. The molecule has 1 fully saturated rings. The first kappa shape index (κ1) is 13.1. The molecular weight excluding hydrogens is 228 g/mol. The zero-order chi connectivity index (χ0) is 13.0. The molecule has 1 heterocycles. The molecule has 94 valence electrons. The molecule has 1 saturated heterocycles. The third kappa shape index (κ3) is 2.80. The zero-order valence-corrected chi connectivity index (χ0v) is 9.69. The van der Waals surface area contributed by atoms with Crippen LogP contribution in [-0.4, -0.2) is 35.8 Å². The SMILES string of the molecule is CCC(C(=O)NC)C(=O)ON1C(=O)CCC1=O. The van der Waals surface area contributed by atoms with Crippen molar-refractivity contribution in [2.75, 3.05) is 7.05 Å². The molecule has 1 rings (SSSR count). The van der Waals surface area contributed by atoms with Gasteiger partial charge in [-0.2, -0.15) is 0 Å². The van der Waals surface area contributed by atoms with Crippen LogP contribution in [0.5, 0.6) is 0 Å². The number of imide groups is 1. The number of amides is 3. The fraction of sp³-hybridized carbons (Fsp3) is 0.600. The van der Waals surface area contributed by atoms with E-state index >= 15 is 0 Å². The summed E-state index contributed by atoms with van der Waals surface area (Å²) in [6.07, 6.45) is 0.292. The van der Waals surface area contributed by atoms with Crippen LogP contribution in [0.1, 0.15) is 26.2 Å². The van der Waals surface area contributed by atoms with Crippen LogP contribution in [0.2, 0.25) is 0 Å². The Morgan fingerprint density at radius 3 is 2.29 bits per heavy atom. The molecule has 0 aromatic rings. The molecule has 17 heavy (non-hydrogen) atoms. The summed E-state index contributed by atoms with van der Waals surface area (Å²) in [6, 6.07) is 0. The minimum absolute atomic E-state index is 0.0306. The Bertz CT molecular complexity index is 350. The molecule has 1 unspecified atom stereocenters. The first-order chi connectivity index (χ1) is 8.01. The van der Waals surface area contributed by atoms with Crippen LogP contribution in [0.4, 0.5) is 0 Å². The Hall–Kier alpha value is -1.92. The number of carbonyl (C=O) groups is 4. The maximum absolute atomic E-state index is 11.6. The zero-order valence-electron chi connectivity index (χ0n) is 9.69. The number of rotatable bonds is 4. The highest BCUT2D eigenvalue weighted by molar-refractivity contribution is 6.03. The standard InChI is InChI=1S/C10H14N2O5/c1-3-6(9(15)11-2)10(16)17-12-7(13)4-5-8(12)14/h6H,3-5H2,1-2H3,(H,11,15). The van der Waals surface area contributed by atoms with E-state index in [1.54, 1.807) is 6.92 Å². The minimum atomic E-state index is -1.01. The Morgan fingerprint density at radius 1 is 1.35 bits per heavy atom. The van der Waals surface area contributed by atoms with Crippen molar-refractivity contribution in [3.8, 4) is 0 Å². The molecule has 0 saturated carbocycles. The number of nitrogens with one attached hydrogen (secondary N) is 1. The van der Waals surface area contributed by atoms with Gasteiger partial charge < -0.3 is 10.2 Å². The number of hydrogen-bond acceptors (Lipinski definition) is 5. The highest BCUT2D eigenvalue weighted by Gasteiger charge is 2.36. The smallest absolute Gasteiger partial charge is 0.345 e. The molecule has 0 bridgehead atoms. The molecule has 1 aliphatic heterocycles. The van der Waals surface area contributed by atoms with Gasteiger partial charge in [0, 0.05) is 19.9 Å². The third-order valence-corrected chi connectivity index (χ3v) is 2.44. The highest BCUT2D eigenvalue weighted by atomic mass is 16.7. The van der Waals surface area contributed by atoms with E-state index in [1.165, 1.54) is 7.05 Å². The lowest BCUT2D eigenvalue weighted by Crippen LogP contribution is -2.39. The van der Waals surface area contributed by atoms with Crippen LogP contribution in [0.3, 0.4) is 0 Å². The van der Waals surface area contributed by atoms with Gasteiger partial charge >= 0.3 is 5.97 Å². The summed E-state index contributed by atoms with van der Waals surface area (Å²) in [4.78, 5) is 50.0. The van der Waals surface area contributed by atoms with Crippen LogP contribution in [0, 0.1) is 5.92 Å². The molecule has 0 aromatic heterocycles. The Labute approximate surface area is 98.0 Å². The summed E-state index contributed by atoms with van der Waals surface area (Å²) < 4.78 is 0. The van der Waals surface area contributed by atoms with E-state index in [4.69, 9.17) is 0 Å². The predicted molar refractivity (Wildman–Crippen MR) is 55.0 cm³/mol. The Kier molecular flexibility index (Phi) is 4.19. The molecule has 0 aliphatic carbocycles. The average Bonchev–Trinajstić information content (AvgIpc) is 2.61. The molecule has 1 aliphatic rings. The summed E-state index contributed by atoms with van der Waals surface area (Å²) in [5.41, 5.74) is 0. The highest BCUT2D eigenvalue weighted by Crippen LogP contribution is 2.15. The quantitative estimate of drug-likeness (QED) is 0.523. The molecule has 7 nitrogen and oxygen atoms in total. The molecule has 3 amide bonds. The maximum Gasteiger partial charge on any atom is 0.345 e. The van der Waals surface area contributed by atoms with Crippen LogP contribution < -0.4 is 5.32 Å². The van der Waals surface area contributed by atoms with Gasteiger partial charge in [0.2, 0.25) is 5.91 Å². The molecule has 0 radical (unpaired) electrons. The van der Waals surface area contributed by atoms with Crippen molar-refractivity contribution >= 4 is 23.7 Å². The summed E-state index contributed by atoms with van der Waals surface area (Å²) in [5, 5.41) is 2.75. The van der Waals surface area contributed by atoms with E-state index in [2.05, 4.69) is 10.2 Å². The second kappa shape index (κ2) is 5.42. The van der Waals surface area contributed by atoms with Gasteiger partial charge in [-0.3, -0.25) is 14.4 Å². The van der Waals surface area contributed by atoms with Crippen molar-refractivity contribution in [3.63, 3.8) is 0 Å². The van der Waals surface area contributed by atoms with Crippen molar-refractivity contribution in [1.82, 2.24) is 10.4 Å². The van der Waals surface area contributed by atoms with E-state index in [1.807, 2.05) is 0 Å². The van der Waals surface area contributed by atoms with Gasteiger partial charge in [-0.1, -0.05) is 6.92 Å². The van der Waals surface area contributed by atoms with Gasteiger partial charge in [0.1, 0.15) is 5.92 Å². The lowest BCUT2D eigenvalue weighted by Gasteiger charge is -2.16. The molecule has 1 atom stereocenters. The maximum atomic E-state index is 11.6. The number of nitrogens with zero attached hydrogens (tertiary/aromatic N) is 1. The summed E-state index contributed by atoms with van der Waals surface area (Å²) in [5.74, 6) is -3.53. The normalized spacial score (nSPS) is 16.9. The van der Waals surface area contributed by atoms with Crippen molar-refractivity contribution in [2.45, 2.75) is 26.2 Å². The first-order valence-corrected chi connectivity index (χ1v) is 5.30. The lowest BCUT2D eigenvalue weighted by atomic mass is 10.1. The van der Waals surface area contributed by atoms with E-state index < -0.39 is 29.6 Å². The number of carbonyl (C=O) groups excluding carboxylic acids is 4. The average molecular weight is 242 g/mol. The van der Waals surface area contributed by atoms with Crippen LogP contribution >= 0.6 is 0 Å². The molecule has 7 heteroatoms. The van der Waals surface area contributed by atoms with E-state index in [0.717, 1.165) is 0 Å². The third-order valence-electron chi connectivity index (χ3n) is 2.44. The van der Waals surface area contributed by atoms with Crippen molar-refractivity contribution in [1.29, 1.82) is 0 Å². The monoisotopic (exact) mass is 242 g/mol. The predicted octanol–water partition coefficient (Wildman–Crippen LogP) is -0.634. The minimum Gasteiger partial charge on any atom is -0.358 e. The summed E-state index contributed by atoms with van der Waals surface area (Å²) in [7, 11) is 1.39. The summed E-state index contributed by atoms with van der Waals surface area (Å²) in [6.45, 7) is 1.63. The van der Waals surface area contributed by atoms with E-state index in [9.17, 15) is 19.2 Å². The van der Waals surface area contributed by atoms with Gasteiger partial charge in [-0.15, -0.1) is 5.06 Å². The van der Waals surface area contributed by atoms with Crippen LogP contribution in [-0.2, 0) is 24.0 Å². The molecular formula is C10H14N2O5. The van der Waals surface area contributed by atoms with Crippen LogP contribution in [0.15, 0.2) is 0 Å². The topological polar surface area (TPSA) is 92.8 Å². The van der Waals surface area contributed by atoms with Gasteiger partial charge in [-0.25, -0.2) is 4.79 Å². The van der Waals surface area contributed by atoms with Crippen molar-refractivity contribution < 1.29 is 24.0 Å². The van der Waals surface area contributed by atoms with Gasteiger partial charge in [0.25, 0.3) is 11.8 Å². The molecule has 1 N–H and O–H groups in total. The Morgan fingerprint density at radius 2 is 1.88 bits per heavy atom. The lowest BCUT2D eigenvalue weighted by molar-refractivity contribution is -0.201. The molecule has 0 aromatic carbocycles.